The van der Waals surface area contributed by atoms with Crippen molar-refractivity contribution in [3.05, 3.63) is 125 Å². The summed E-state index contributed by atoms with van der Waals surface area (Å²) in [6, 6.07) is 29.6. The maximum atomic E-state index is 14.0. The Kier molecular flexibility index (Phi) is 4.98. The average molecular weight is 502 g/mol. The highest BCUT2D eigenvalue weighted by molar-refractivity contribution is 6.23. The maximum Gasteiger partial charge on any atom is 0.343 e. The molecule has 1 aliphatic heterocycles. The predicted molar refractivity (Wildman–Crippen MR) is 140 cm³/mol. The Hall–Kier alpha value is -4.71. The molecular weight excluding hydrogens is 478 g/mol. The molecule has 4 aromatic carbocycles. The van der Waals surface area contributed by atoms with E-state index in [1.165, 1.54) is 12.0 Å². The van der Waals surface area contributed by atoms with E-state index >= 15 is 0 Å². The maximum absolute atomic E-state index is 14.0. The van der Waals surface area contributed by atoms with E-state index in [0.29, 0.717) is 17.0 Å². The highest BCUT2D eigenvalue weighted by Gasteiger charge is 2.61. The molecule has 2 unspecified atom stereocenters. The van der Waals surface area contributed by atoms with Crippen LogP contribution in [0.2, 0.25) is 0 Å². The summed E-state index contributed by atoms with van der Waals surface area (Å²) >= 11 is 0. The molecular formula is C32H23NO5. The minimum absolute atomic E-state index is 0.173. The monoisotopic (exact) mass is 501 g/mol. The molecule has 38 heavy (non-hydrogen) atoms. The lowest BCUT2D eigenvalue weighted by atomic mass is 9.55. The van der Waals surface area contributed by atoms with Gasteiger partial charge in [0.1, 0.15) is 11.5 Å². The molecule has 186 valence electrons. The minimum atomic E-state index is -0.558. The molecule has 8 rings (SSSR count). The molecule has 4 aliphatic rings. The summed E-state index contributed by atoms with van der Waals surface area (Å²) in [5, 5.41) is 0. The summed E-state index contributed by atoms with van der Waals surface area (Å²) < 4.78 is 10.8. The van der Waals surface area contributed by atoms with Gasteiger partial charge in [-0.1, -0.05) is 60.7 Å². The van der Waals surface area contributed by atoms with Crippen molar-refractivity contribution < 1.29 is 23.9 Å². The quantitative estimate of drug-likeness (QED) is 0.215. The number of amides is 2. The highest BCUT2D eigenvalue weighted by Crippen LogP contribution is 2.61. The molecule has 1 heterocycles. The van der Waals surface area contributed by atoms with Gasteiger partial charge in [-0.25, -0.2) is 9.69 Å². The van der Waals surface area contributed by atoms with Crippen molar-refractivity contribution >= 4 is 23.5 Å². The van der Waals surface area contributed by atoms with Gasteiger partial charge in [-0.05, 0) is 52.6 Å². The van der Waals surface area contributed by atoms with Crippen LogP contribution in [0.5, 0.6) is 11.5 Å². The van der Waals surface area contributed by atoms with Gasteiger partial charge in [-0.3, -0.25) is 9.59 Å². The van der Waals surface area contributed by atoms with Gasteiger partial charge in [0.05, 0.1) is 30.2 Å². The van der Waals surface area contributed by atoms with Gasteiger partial charge in [0, 0.05) is 17.9 Å². The SMILES string of the molecule is COc1cccc(C(=O)Oc2cccc(N3C(=O)C4C5c6ccccc6C(c6ccccc65)C4C3=O)c2)c1. The second kappa shape index (κ2) is 8.42. The Bertz CT molecular complexity index is 1530. The largest absolute Gasteiger partial charge is 0.497 e. The molecule has 2 bridgehead atoms. The zero-order valence-corrected chi connectivity index (χ0v) is 20.5. The fourth-order valence-corrected chi connectivity index (χ4v) is 6.53. The van der Waals surface area contributed by atoms with Crippen molar-refractivity contribution in [2.24, 2.45) is 11.8 Å². The number of anilines is 1. The molecule has 0 radical (unpaired) electrons. The zero-order valence-electron chi connectivity index (χ0n) is 20.5. The minimum Gasteiger partial charge on any atom is -0.497 e. The van der Waals surface area contributed by atoms with Crippen LogP contribution < -0.4 is 14.4 Å². The molecule has 0 spiro atoms. The molecule has 6 heteroatoms. The van der Waals surface area contributed by atoms with Gasteiger partial charge < -0.3 is 9.47 Å². The first-order valence-electron chi connectivity index (χ1n) is 12.6. The van der Waals surface area contributed by atoms with Crippen LogP contribution in [0.1, 0.15) is 44.4 Å². The second-order valence-corrected chi connectivity index (χ2v) is 9.90. The van der Waals surface area contributed by atoms with Gasteiger partial charge in [-0.15, -0.1) is 0 Å². The topological polar surface area (TPSA) is 72.9 Å². The Morgan fingerprint density at radius 1 is 0.658 bits per heavy atom. The van der Waals surface area contributed by atoms with Gasteiger partial charge in [0.15, 0.2) is 0 Å². The second-order valence-electron chi connectivity index (χ2n) is 9.90. The van der Waals surface area contributed by atoms with E-state index in [2.05, 4.69) is 24.3 Å². The molecule has 0 saturated carbocycles. The number of nitrogens with zero attached hydrogens (tertiary/aromatic N) is 1. The Morgan fingerprint density at radius 2 is 1.18 bits per heavy atom. The average Bonchev–Trinajstić information content (AvgIpc) is 3.23. The van der Waals surface area contributed by atoms with E-state index in [1.807, 2.05) is 24.3 Å². The lowest BCUT2D eigenvalue weighted by Gasteiger charge is -2.45. The number of ether oxygens (including phenoxy) is 2. The summed E-state index contributed by atoms with van der Waals surface area (Å²) in [4.78, 5) is 42.0. The summed E-state index contributed by atoms with van der Waals surface area (Å²) in [5.41, 5.74) is 5.24. The molecule has 0 aromatic heterocycles. The van der Waals surface area contributed by atoms with Crippen molar-refractivity contribution in [3.63, 3.8) is 0 Å². The normalized spacial score (nSPS) is 22.5. The van der Waals surface area contributed by atoms with Crippen molar-refractivity contribution in [1.82, 2.24) is 0 Å². The number of carbonyl (C=O) groups is 3. The molecule has 2 amide bonds. The van der Waals surface area contributed by atoms with Crippen LogP contribution in [0.15, 0.2) is 97.1 Å². The number of hydrogen-bond acceptors (Lipinski definition) is 5. The van der Waals surface area contributed by atoms with E-state index < -0.39 is 17.8 Å². The fraction of sp³-hybridized carbons (Fsp3) is 0.156. The lowest BCUT2D eigenvalue weighted by Crippen LogP contribution is -2.41. The van der Waals surface area contributed by atoms with Crippen LogP contribution in [-0.4, -0.2) is 24.9 Å². The number of esters is 1. The number of imide groups is 1. The third-order valence-electron chi connectivity index (χ3n) is 8.04. The third kappa shape index (κ3) is 3.16. The van der Waals surface area contributed by atoms with E-state index in [1.54, 1.807) is 48.5 Å². The van der Waals surface area contributed by atoms with Gasteiger partial charge in [0.25, 0.3) is 0 Å². The van der Waals surface area contributed by atoms with Crippen LogP contribution >= 0.6 is 0 Å². The molecule has 6 nitrogen and oxygen atoms in total. The van der Waals surface area contributed by atoms with E-state index in [-0.39, 0.29) is 29.4 Å². The molecule has 3 aliphatic carbocycles. The summed E-state index contributed by atoms with van der Waals surface area (Å²) in [6.45, 7) is 0. The van der Waals surface area contributed by atoms with Crippen molar-refractivity contribution in [1.29, 1.82) is 0 Å². The number of carbonyl (C=O) groups excluding carboxylic acids is 3. The van der Waals surface area contributed by atoms with Crippen LogP contribution in [-0.2, 0) is 9.59 Å². The first kappa shape index (κ1) is 22.5. The first-order valence-corrected chi connectivity index (χ1v) is 12.6. The van der Waals surface area contributed by atoms with E-state index in [0.717, 1.165) is 22.3 Å². The first-order chi connectivity index (χ1) is 18.6. The Labute approximate surface area is 219 Å². The summed E-state index contributed by atoms with van der Waals surface area (Å²) in [6.07, 6.45) is 0. The van der Waals surface area contributed by atoms with Crippen LogP contribution in [0.4, 0.5) is 5.69 Å². The molecule has 1 saturated heterocycles. The van der Waals surface area contributed by atoms with Crippen LogP contribution in [0.3, 0.4) is 0 Å². The number of hydrogen-bond donors (Lipinski definition) is 0. The van der Waals surface area contributed by atoms with Gasteiger partial charge in [-0.2, -0.15) is 0 Å². The number of methoxy groups -OCH3 is 1. The standard InChI is InChI=1S/C32H23NO5/c1-37-20-10-6-8-18(16-20)32(36)38-21-11-7-9-19(17-21)33-30(34)28-26-22-12-2-3-13-23(22)27(29(28)31(33)35)25-15-5-4-14-24(25)26/h2-17,26-29H,1H3. The smallest absolute Gasteiger partial charge is 0.343 e. The van der Waals surface area contributed by atoms with E-state index in [9.17, 15) is 14.4 Å². The number of benzene rings is 4. The predicted octanol–water partition coefficient (Wildman–Crippen LogP) is 5.31. The molecule has 4 aromatic rings. The zero-order chi connectivity index (χ0) is 26.0. The fourth-order valence-electron chi connectivity index (χ4n) is 6.53. The van der Waals surface area contributed by atoms with Gasteiger partial charge in [0.2, 0.25) is 11.8 Å². The molecule has 2 atom stereocenters. The van der Waals surface area contributed by atoms with Crippen molar-refractivity contribution in [2.45, 2.75) is 11.8 Å². The number of rotatable bonds is 4. The molecule has 1 fully saturated rings. The van der Waals surface area contributed by atoms with Gasteiger partial charge >= 0.3 is 5.97 Å². The Balaban J connectivity index is 1.24. The Morgan fingerprint density at radius 3 is 1.74 bits per heavy atom. The summed E-state index contributed by atoms with van der Waals surface area (Å²) in [7, 11) is 1.53. The lowest BCUT2D eigenvalue weighted by molar-refractivity contribution is -0.122. The van der Waals surface area contributed by atoms with E-state index in [4.69, 9.17) is 9.47 Å². The van der Waals surface area contributed by atoms with Crippen LogP contribution in [0.25, 0.3) is 0 Å². The van der Waals surface area contributed by atoms with Crippen molar-refractivity contribution in [3.8, 4) is 11.5 Å². The third-order valence-corrected chi connectivity index (χ3v) is 8.04. The van der Waals surface area contributed by atoms with Crippen molar-refractivity contribution in [2.75, 3.05) is 12.0 Å². The summed E-state index contributed by atoms with van der Waals surface area (Å²) in [5.74, 6) is -1.48. The van der Waals surface area contributed by atoms with Crippen LogP contribution in [0, 0.1) is 11.8 Å². The molecule has 0 N–H and O–H groups in total. The highest BCUT2D eigenvalue weighted by atomic mass is 16.5.